The van der Waals surface area contributed by atoms with Gasteiger partial charge < -0.3 is 25.4 Å². The highest BCUT2D eigenvalue weighted by molar-refractivity contribution is 6.10. The molecule has 0 radical (unpaired) electrons. The summed E-state index contributed by atoms with van der Waals surface area (Å²) in [4.78, 5) is 37.0. The van der Waals surface area contributed by atoms with E-state index in [2.05, 4.69) is 26.1 Å². The highest BCUT2D eigenvalue weighted by Crippen LogP contribution is 2.32. The van der Waals surface area contributed by atoms with Gasteiger partial charge in [0, 0.05) is 19.0 Å². The highest BCUT2D eigenvalue weighted by Gasteiger charge is 2.30. The third-order valence-corrected chi connectivity index (χ3v) is 4.33. The normalized spacial score (nSPS) is 12.7. The fraction of sp³-hybridized carbons (Fsp3) is 0.316. The Morgan fingerprint density at radius 3 is 2.41 bits per heavy atom. The number of carbonyl (C=O) groups excluding carboxylic acids is 3. The fourth-order valence-corrected chi connectivity index (χ4v) is 2.66. The van der Waals surface area contributed by atoms with Crippen LogP contribution in [0, 0.1) is 5.92 Å². The van der Waals surface area contributed by atoms with Crippen molar-refractivity contribution < 1.29 is 23.9 Å². The van der Waals surface area contributed by atoms with E-state index >= 15 is 0 Å². The molecule has 0 spiro atoms. The summed E-state index contributed by atoms with van der Waals surface area (Å²) in [6.45, 7) is 0. The summed E-state index contributed by atoms with van der Waals surface area (Å²) in [5, 5.41) is 15.4. The van der Waals surface area contributed by atoms with Crippen LogP contribution in [0.1, 0.15) is 33.7 Å². The van der Waals surface area contributed by atoms with Crippen LogP contribution in [0.15, 0.2) is 24.3 Å². The Kier molecular flexibility index (Phi) is 5.91. The lowest BCUT2D eigenvalue weighted by Gasteiger charge is -2.14. The van der Waals surface area contributed by atoms with E-state index in [1.54, 1.807) is 18.2 Å². The summed E-state index contributed by atoms with van der Waals surface area (Å²) in [6.07, 6.45) is 1.66. The maximum Gasteiger partial charge on any atom is 0.273 e. The lowest BCUT2D eigenvalue weighted by atomic mass is 10.1. The fourth-order valence-electron chi connectivity index (χ4n) is 2.66. The molecule has 10 nitrogen and oxygen atoms in total. The first kappa shape index (κ1) is 20.1. The van der Waals surface area contributed by atoms with Gasteiger partial charge in [0.25, 0.3) is 11.8 Å². The van der Waals surface area contributed by atoms with Crippen LogP contribution in [0.4, 0.5) is 11.5 Å². The van der Waals surface area contributed by atoms with Crippen molar-refractivity contribution in [2.24, 2.45) is 5.92 Å². The van der Waals surface area contributed by atoms with Crippen molar-refractivity contribution in [3.8, 4) is 11.5 Å². The number of methoxy groups -OCH3 is 2. The molecule has 1 aromatic heterocycles. The standard InChI is InChI=1S/C19H21N5O5/c1-20-19(27)15-12(9-14(23-24-15)22-17(25)10-7-8-10)21-18(26)11-5-4-6-13(28-2)16(11)29-3/h4-6,9-10H,7-8H2,1-3H3,(H,20,27)(H2,21,22,23,25,26). The second-order valence-electron chi connectivity index (χ2n) is 6.33. The van der Waals surface area contributed by atoms with Crippen LogP contribution < -0.4 is 25.4 Å². The molecule has 3 rings (SSSR count). The number of amides is 3. The predicted molar refractivity (Wildman–Crippen MR) is 104 cm³/mol. The monoisotopic (exact) mass is 399 g/mol. The van der Waals surface area contributed by atoms with Crippen LogP contribution >= 0.6 is 0 Å². The largest absolute Gasteiger partial charge is 0.493 e. The first-order chi connectivity index (χ1) is 14.0. The van der Waals surface area contributed by atoms with Gasteiger partial charge in [-0.15, -0.1) is 10.2 Å². The number of nitrogens with zero attached hydrogens (tertiary/aromatic N) is 2. The third-order valence-electron chi connectivity index (χ3n) is 4.33. The van der Waals surface area contributed by atoms with Gasteiger partial charge in [-0.3, -0.25) is 14.4 Å². The van der Waals surface area contributed by atoms with E-state index in [1.165, 1.54) is 27.3 Å². The van der Waals surface area contributed by atoms with E-state index < -0.39 is 11.8 Å². The van der Waals surface area contributed by atoms with Crippen molar-refractivity contribution >= 4 is 29.2 Å². The minimum Gasteiger partial charge on any atom is -0.493 e. The van der Waals surface area contributed by atoms with Crippen LogP contribution in [0.2, 0.25) is 0 Å². The third kappa shape index (κ3) is 4.42. The number of benzene rings is 1. The molecule has 10 heteroatoms. The first-order valence-corrected chi connectivity index (χ1v) is 8.91. The van der Waals surface area contributed by atoms with Crippen molar-refractivity contribution in [2.45, 2.75) is 12.8 Å². The Hall–Kier alpha value is -3.69. The number of aromatic nitrogens is 2. The molecule has 3 N–H and O–H groups in total. The van der Waals surface area contributed by atoms with Crippen LogP contribution in [0.5, 0.6) is 11.5 Å². The van der Waals surface area contributed by atoms with Gasteiger partial charge in [0.2, 0.25) is 5.91 Å². The molecule has 0 unspecified atom stereocenters. The topological polar surface area (TPSA) is 132 Å². The molecule has 2 aromatic rings. The van der Waals surface area contributed by atoms with Crippen molar-refractivity contribution in [2.75, 3.05) is 31.9 Å². The molecule has 3 amide bonds. The number of hydrogen-bond acceptors (Lipinski definition) is 7. The number of anilines is 2. The predicted octanol–water partition coefficient (Wildman–Crippen LogP) is 1.45. The Morgan fingerprint density at radius 2 is 1.79 bits per heavy atom. The zero-order valence-corrected chi connectivity index (χ0v) is 16.2. The van der Waals surface area contributed by atoms with E-state index in [9.17, 15) is 14.4 Å². The molecule has 0 bridgehead atoms. The first-order valence-electron chi connectivity index (χ1n) is 8.91. The van der Waals surface area contributed by atoms with E-state index in [4.69, 9.17) is 9.47 Å². The zero-order valence-electron chi connectivity index (χ0n) is 16.2. The van der Waals surface area contributed by atoms with E-state index in [0.29, 0.717) is 5.75 Å². The van der Waals surface area contributed by atoms with Gasteiger partial charge in [0.1, 0.15) is 0 Å². The smallest absolute Gasteiger partial charge is 0.273 e. The van der Waals surface area contributed by atoms with Gasteiger partial charge >= 0.3 is 0 Å². The summed E-state index contributed by atoms with van der Waals surface area (Å²) in [6, 6.07) is 6.25. The SMILES string of the molecule is CNC(=O)c1nnc(NC(=O)C2CC2)cc1NC(=O)c1cccc(OC)c1OC. The van der Waals surface area contributed by atoms with Crippen LogP contribution in [-0.2, 0) is 4.79 Å². The summed E-state index contributed by atoms with van der Waals surface area (Å²) in [5.41, 5.74) is 0.211. The van der Waals surface area contributed by atoms with Crippen LogP contribution in [0.3, 0.4) is 0 Å². The summed E-state index contributed by atoms with van der Waals surface area (Å²) >= 11 is 0. The Labute approximate surface area is 167 Å². The van der Waals surface area contributed by atoms with Crippen molar-refractivity contribution in [1.82, 2.24) is 15.5 Å². The molecule has 1 heterocycles. The molecule has 1 aromatic carbocycles. The average molecular weight is 399 g/mol. The number of rotatable bonds is 7. The number of nitrogens with one attached hydrogen (secondary N) is 3. The Bertz CT molecular complexity index is 958. The molecular weight excluding hydrogens is 378 g/mol. The Balaban J connectivity index is 1.92. The molecule has 29 heavy (non-hydrogen) atoms. The van der Waals surface area contributed by atoms with Gasteiger partial charge in [0.15, 0.2) is 23.0 Å². The number of hydrogen-bond donors (Lipinski definition) is 3. The molecule has 1 aliphatic carbocycles. The number of ether oxygens (including phenoxy) is 2. The Morgan fingerprint density at radius 1 is 1.03 bits per heavy atom. The number of carbonyl (C=O) groups is 3. The van der Waals surface area contributed by atoms with Crippen LogP contribution in [-0.4, -0.2) is 49.2 Å². The van der Waals surface area contributed by atoms with Gasteiger partial charge in [-0.05, 0) is 25.0 Å². The van der Waals surface area contributed by atoms with Gasteiger partial charge in [0.05, 0.1) is 25.5 Å². The summed E-state index contributed by atoms with van der Waals surface area (Å²) in [7, 11) is 4.32. The van der Waals surface area contributed by atoms with Crippen molar-refractivity contribution in [3.05, 3.63) is 35.5 Å². The van der Waals surface area contributed by atoms with E-state index in [0.717, 1.165) is 12.8 Å². The van der Waals surface area contributed by atoms with Crippen LogP contribution in [0.25, 0.3) is 0 Å². The maximum atomic E-state index is 12.9. The zero-order chi connectivity index (χ0) is 21.0. The molecule has 0 saturated heterocycles. The van der Waals surface area contributed by atoms with Gasteiger partial charge in [-0.2, -0.15) is 0 Å². The molecule has 0 aliphatic heterocycles. The molecule has 1 aliphatic rings. The second kappa shape index (κ2) is 8.55. The minimum absolute atomic E-state index is 0.0329. The lowest BCUT2D eigenvalue weighted by Crippen LogP contribution is -2.24. The molecule has 0 atom stereocenters. The molecular formula is C19H21N5O5. The quantitative estimate of drug-likeness (QED) is 0.642. The highest BCUT2D eigenvalue weighted by atomic mass is 16.5. The van der Waals surface area contributed by atoms with Crippen molar-refractivity contribution in [1.29, 1.82) is 0 Å². The maximum absolute atomic E-state index is 12.9. The van der Waals surface area contributed by atoms with E-state index in [-0.39, 0.29) is 40.3 Å². The summed E-state index contributed by atoms with van der Waals surface area (Å²) in [5.74, 6) is -0.505. The second-order valence-corrected chi connectivity index (χ2v) is 6.33. The van der Waals surface area contributed by atoms with Crippen molar-refractivity contribution in [3.63, 3.8) is 0 Å². The summed E-state index contributed by atoms with van der Waals surface area (Å²) < 4.78 is 10.5. The molecule has 152 valence electrons. The number of para-hydroxylation sites is 1. The van der Waals surface area contributed by atoms with Gasteiger partial charge in [-0.1, -0.05) is 6.07 Å². The van der Waals surface area contributed by atoms with Gasteiger partial charge in [-0.25, -0.2) is 0 Å². The molecule has 1 fully saturated rings. The molecule has 1 saturated carbocycles. The average Bonchev–Trinajstić information content (AvgIpc) is 3.58. The lowest BCUT2D eigenvalue weighted by molar-refractivity contribution is -0.117. The van der Waals surface area contributed by atoms with E-state index in [1.807, 2.05) is 0 Å². The minimum atomic E-state index is -0.543.